The molecule has 0 aliphatic carbocycles. The van der Waals surface area contributed by atoms with Gasteiger partial charge in [0.25, 0.3) is 5.56 Å². The van der Waals surface area contributed by atoms with Crippen molar-refractivity contribution >= 4 is 60.6 Å². The smallest absolute Gasteiger partial charge is 0.282 e. The van der Waals surface area contributed by atoms with Gasteiger partial charge in [-0.05, 0) is 67.4 Å². The summed E-state index contributed by atoms with van der Waals surface area (Å²) in [5.74, 6) is 1.59. The average molecular weight is 600 g/mol. The number of ether oxygens (including phenoxy) is 2. The lowest BCUT2D eigenvalue weighted by molar-refractivity contribution is 0.224. The number of hydrogen-bond donors (Lipinski definition) is 0. The maximum absolute atomic E-state index is 13.3. The molecular formula is C24H26Br2ClN3O3. The molecule has 0 saturated carbocycles. The van der Waals surface area contributed by atoms with Gasteiger partial charge < -0.3 is 9.47 Å². The van der Waals surface area contributed by atoms with Crippen molar-refractivity contribution in [1.29, 1.82) is 0 Å². The third kappa shape index (κ3) is 5.97. The average Bonchev–Trinajstić information content (AvgIpc) is 2.78. The first-order valence-electron chi connectivity index (χ1n) is 10.8. The van der Waals surface area contributed by atoms with Crippen molar-refractivity contribution < 1.29 is 9.47 Å². The van der Waals surface area contributed by atoms with Gasteiger partial charge in [-0.3, -0.25) is 4.79 Å². The molecule has 176 valence electrons. The highest BCUT2D eigenvalue weighted by Gasteiger charge is 2.19. The highest BCUT2D eigenvalue weighted by Crippen LogP contribution is 2.42. The standard InChI is InChI=1S/C24H26Br2ClN3O3/c1-5-7-8-20-29-18-10-9-16(25)12-17(18)24(31)30(20)28-13-15-11-19(32-6-2)23(33-14(3)4)22(27)21(15)26/h9-14H,5-8H2,1-4H3. The second kappa shape index (κ2) is 11.5. The van der Waals surface area contributed by atoms with Crippen LogP contribution in [0.3, 0.4) is 0 Å². The largest absolute Gasteiger partial charge is 0.490 e. The van der Waals surface area contributed by atoms with Crippen molar-refractivity contribution in [2.45, 2.75) is 53.1 Å². The molecule has 1 heterocycles. The van der Waals surface area contributed by atoms with Crippen molar-refractivity contribution in [2.75, 3.05) is 6.61 Å². The molecule has 0 spiro atoms. The number of fused-ring (bicyclic) bond motifs is 1. The second-order valence-corrected chi connectivity index (χ2v) is 9.76. The molecule has 0 atom stereocenters. The lowest BCUT2D eigenvalue weighted by atomic mass is 10.2. The van der Waals surface area contributed by atoms with Crippen molar-refractivity contribution in [1.82, 2.24) is 9.66 Å². The Morgan fingerprint density at radius 1 is 1.24 bits per heavy atom. The molecule has 1 aromatic heterocycles. The first-order chi connectivity index (χ1) is 15.8. The summed E-state index contributed by atoms with van der Waals surface area (Å²) >= 11 is 13.6. The zero-order valence-electron chi connectivity index (χ0n) is 19.0. The Kier molecular flexibility index (Phi) is 8.95. The fraction of sp³-hybridized carbons (Fsp3) is 0.375. The maximum atomic E-state index is 13.3. The molecular weight excluding hydrogens is 574 g/mol. The van der Waals surface area contributed by atoms with Gasteiger partial charge in [0.1, 0.15) is 10.8 Å². The lowest BCUT2D eigenvalue weighted by Gasteiger charge is -2.18. The maximum Gasteiger partial charge on any atom is 0.282 e. The fourth-order valence-corrected chi connectivity index (χ4v) is 4.24. The summed E-state index contributed by atoms with van der Waals surface area (Å²) in [5.41, 5.74) is 1.08. The second-order valence-electron chi connectivity index (χ2n) is 7.68. The molecule has 0 bridgehead atoms. The molecule has 0 amide bonds. The Bertz CT molecular complexity index is 1240. The summed E-state index contributed by atoms with van der Waals surface area (Å²) in [6, 6.07) is 7.27. The molecule has 0 radical (unpaired) electrons. The van der Waals surface area contributed by atoms with E-state index < -0.39 is 0 Å². The van der Waals surface area contributed by atoms with Gasteiger partial charge in [0.2, 0.25) is 0 Å². The van der Waals surface area contributed by atoms with Gasteiger partial charge in [-0.15, -0.1) is 0 Å². The minimum Gasteiger partial charge on any atom is -0.490 e. The van der Waals surface area contributed by atoms with Crippen LogP contribution >= 0.6 is 43.5 Å². The summed E-state index contributed by atoms with van der Waals surface area (Å²) in [7, 11) is 0. The molecule has 6 nitrogen and oxygen atoms in total. The first-order valence-corrected chi connectivity index (χ1v) is 12.8. The van der Waals surface area contributed by atoms with Gasteiger partial charge >= 0.3 is 0 Å². The van der Waals surface area contributed by atoms with Crippen LogP contribution in [-0.2, 0) is 6.42 Å². The summed E-state index contributed by atoms with van der Waals surface area (Å²) in [6.07, 6.45) is 4.03. The van der Waals surface area contributed by atoms with Gasteiger partial charge in [0, 0.05) is 20.9 Å². The molecule has 0 fully saturated rings. The van der Waals surface area contributed by atoms with E-state index in [1.807, 2.05) is 32.9 Å². The van der Waals surface area contributed by atoms with E-state index >= 15 is 0 Å². The Hall–Kier alpha value is -1.90. The quantitative estimate of drug-likeness (QED) is 0.249. The molecule has 0 aliphatic heterocycles. The van der Waals surface area contributed by atoms with Gasteiger partial charge in [-0.2, -0.15) is 9.78 Å². The predicted octanol–water partition coefficient (Wildman–Crippen LogP) is 6.99. The number of aryl methyl sites for hydroxylation is 1. The lowest BCUT2D eigenvalue weighted by Crippen LogP contribution is -2.22. The fourth-order valence-electron chi connectivity index (χ4n) is 3.24. The number of aromatic nitrogens is 2. The Balaban J connectivity index is 2.14. The molecule has 0 aliphatic rings. The SMILES string of the molecule is CCCCc1nc2ccc(Br)cc2c(=O)n1N=Cc1cc(OCC)c(OC(C)C)c(Cl)c1Br. The number of hydrogen-bond acceptors (Lipinski definition) is 5. The first kappa shape index (κ1) is 25.7. The monoisotopic (exact) mass is 597 g/mol. The van der Waals surface area contributed by atoms with Crippen LogP contribution in [0.2, 0.25) is 5.02 Å². The number of benzene rings is 2. The molecule has 33 heavy (non-hydrogen) atoms. The van der Waals surface area contributed by atoms with Crippen molar-refractivity contribution in [3.8, 4) is 11.5 Å². The van der Waals surface area contributed by atoms with E-state index in [1.54, 1.807) is 18.3 Å². The van der Waals surface area contributed by atoms with Crippen molar-refractivity contribution in [3.63, 3.8) is 0 Å². The number of rotatable bonds is 9. The molecule has 9 heteroatoms. The van der Waals surface area contributed by atoms with E-state index in [2.05, 4.69) is 43.9 Å². The van der Waals surface area contributed by atoms with E-state index in [1.165, 1.54) is 4.68 Å². The molecule has 2 aromatic carbocycles. The normalized spacial score (nSPS) is 11.6. The predicted molar refractivity (Wildman–Crippen MR) is 141 cm³/mol. The summed E-state index contributed by atoms with van der Waals surface area (Å²) in [4.78, 5) is 18.0. The Morgan fingerprint density at radius 3 is 2.67 bits per heavy atom. The zero-order chi connectivity index (χ0) is 24.1. The van der Waals surface area contributed by atoms with E-state index in [0.717, 1.165) is 17.3 Å². The summed E-state index contributed by atoms with van der Waals surface area (Å²) in [5, 5.41) is 5.40. The highest BCUT2D eigenvalue weighted by atomic mass is 79.9. The zero-order valence-corrected chi connectivity index (χ0v) is 22.9. The van der Waals surface area contributed by atoms with Crippen LogP contribution in [0.1, 0.15) is 51.9 Å². The van der Waals surface area contributed by atoms with Gasteiger partial charge in [0.05, 0.1) is 29.8 Å². The van der Waals surface area contributed by atoms with Crippen molar-refractivity contribution in [3.05, 3.63) is 60.0 Å². The number of halogens is 3. The van der Waals surface area contributed by atoms with Crippen LogP contribution in [0.5, 0.6) is 11.5 Å². The van der Waals surface area contributed by atoms with Gasteiger partial charge in [-0.1, -0.05) is 40.9 Å². The van der Waals surface area contributed by atoms with Crippen LogP contribution in [0.25, 0.3) is 10.9 Å². The summed E-state index contributed by atoms with van der Waals surface area (Å²) in [6.45, 7) is 8.28. The van der Waals surface area contributed by atoms with Crippen LogP contribution in [0.15, 0.2) is 43.1 Å². The van der Waals surface area contributed by atoms with Crippen LogP contribution in [0, 0.1) is 0 Å². The van der Waals surface area contributed by atoms with E-state index in [0.29, 0.717) is 56.3 Å². The minimum atomic E-state index is -0.226. The minimum absolute atomic E-state index is 0.0733. The number of nitrogens with zero attached hydrogens (tertiary/aromatic N) is 3. The molecule has 3 aromatic rings. The molecule has 0 saturated heterocycles. The molecule has 0 unspecified atom stereocenters. The molecule has 3 rings (SSSR count). The highest BCUT2D eigenvalue weighted by molar-refractivity contribution is 9.10. The summed E-state index contributed by atoms with van der Waals surface area (Å²) < 4.78 is 14.4. The van der Waals surface area contributed by atoms with E-state index in [-0.39, 0.29) is 11.7 Å². The Morgan fingerprint density at radius 2 is 2.00 bits per heavy atom. The van der Waals surface area contributed by atoms with E-state index in [9.17, 15) is 4.79 Å². The topological polar surface area (TPSA) is 65.7 Å². The molecule has 0 N–H and O–H groups in total. The third-order valence-corrected chi connectivity index (χ3v) is 6.69. The Labute approximate surface area is 215 Å². The van der Waals surface area contributed by atoms with Crippen LogP contribution in [0.4, 0.5) is 0 Å². The van der Waals surface area contributed by atoms with Crippen LogP contribution < -0.4 is 15.0 Å². The van der Waals surface area contributed by atoms with Crippen LogP contribution in [-0.4, -0.2) is 28.6 Å². The van der Waals surface area contributed by atoms with Gasteiger partial charge in [-0.25, -0.2) is 4.98 Å². The van der Waals surface area contributed by atoms with Crippen molar-refractivity contribution in [2.24, 2.45) is 5.10 Å². The van der Waals surface area contributed by atoms with Gasteiger partial charge in [0.15, 0.2) is 11.5 Å². The van der Waals surface area contributed by atoms with E-state index in [4.69, 9.17) is 26.1 Å². The number of unbranched alkanes of at least 4 members (excludes halogenated alkanes) is 1. The third-order valence-electron chi connectivity index (χ3n) is 4.75.